The Morgan fingerprint density at radius 1 is 1.12 bits per heavy atom. The van der Waals surface area contributed by atoms with E-state index in [2.05, 4.69) is 5.32 Å². The maximum atomic E-state index is 11.9. The van der Waals surface area contributed by atoms with E-state index in [1.165, 1.54) is 6.42 Å². The van der Waals surface area contributed by atoms with Gasteiger partial charge in [-0.1, -0.05) is 12.8 Å². The molecule has 0 aromatic heterocycles. The van der Waals surface area contributed by atoms with Crippen LogP contribution in [0.25, 0.3) is 0 Å². The molecule has 0 amide bonds. The van der Waals surface area contributed by atoms with Gasteiger partial charge in [-0.3, -0.25) is 0 Å². The van der Waals surface area contributed by atoms with Gasteiger partial charge in [0.25, 0.3) is 0 Å². The SMILES string of the molecule is OCC1CCCCC1CNCCCC(F)(F)F. The highest BCUT2D eigenvalue weighted by molar-refractivity contribution is 4.76. The largest absolute Gasteiger partial charge is 0.396 e. The summed E-state index contributed by atoms with van der Waals surface area (Å²) in [6.45, 7) is 1.35. The molecule has 0 spiro atoms. The number of aliphatic hydroxyl groups is 1. The topological polar surface area (TPSA) is 32.3 Å². The number of alkyl halides is 3. The summed E-state index contributed by atoms with van der Waals surface area (Å²) in [5.41, 5.74) is 0. The van der Waals surface area contributed by atoms with Gasteiger partial charge in [0.1, 0.15) is 0 Å². The molecular weight excluding hydrogens is 231 g/mol. The summed E-state index contributed by atoms with van der Waals surface area (Å²) >= 11 is 0. The van der Waals surface area contributed by atoms with Crippen molar-refractivity contribution in [1.29, 1.82) is 0 Å². The molecule has 2 nitrogen and oxygen atoms in total. The number of aliphatic hydroxyl groups excluding tert-OH is 1. The second kappa shape index (κ2) is 7.21. The maximum Gasteiger partial charge on any atom is 0.389 e. The maximum absolute atomic E-state index is 11.9. The molecule has 0 saturated heterocycles. The van der Waals surface area contributed by atoms with Gasteiger partial charge in [0.2, 0.25) is 0 Å². The van der Waals surface area contributed by atoms with Gasteiger partial charge in [-0.2, -0.15) is 13.2 Å². The zero-order valence-corrected chi connectivity index (χ0v) is 10.1. The van der Waals surface area contributed by atoms with Gasteiger partial charge in [0.15, 0.2) is 0 Å². The first-order valence-electron chi connectivity index (χ1n) is 6.41. The Balaban J connectivity index is 2.08. The van der Waals surface area contributed by atoms with Crippen LogP contribution >= 0.6 is 0 Å². The molecule has 1 aliphatic rings. The standard InChI is InChI=1S/C12H22F3NO/c13-12(14,15)6-3-7-16-8-10-4-1-2-5-11(10)9-17/h10-11,16-17H,1-9H2. The average molecular weight is 253 g/mol. The predicted octanol–water partition coefficient (Wildman–Crippen LogP) is 2.72. The van der Waals surface area contributed by atoms with Crippen LogP contribution in [-0.4, -0.2) is 31.0 Å². The second-order valence-electron chi connectivity index (χ2n) is 4.91. The van der Waals surface area contributed by atoms with Gasteiger partial charge in [-0.15, -0.1) is 0 Å². The minimum absolute atomic E-state index is 0.139. The third-order valence-corrected chi connectivity index (χ3v) is 3.52. The van der Waals surface area contributed by atoms with E-state index < -0.39 is 12.6 Å². The quantitative estimate of drug-likeness (QED) is 0.713. The lowest BCUT2D eigenvalue weighted by Gasteiger charge is -2.30. The molecule has 0 aromatic carbocycles. The first-order chi connectivity index (χ1) is 8.03. The molecule has 1 rings (SSSR count). The molecule has 1 fully saturated rings. The first kappa shape index (κ1) is 14.8. The summed E-state index contributed by atoms with van der Waals surface area (Å²) in [6, 6.07) is 0. The molecule has 1 saturated carbocycles. The Morgan fingerprint density at radius 2 is 1.76 bits per heavy atom. The third kappa shape index (κ3) is 6.27. The molecule has 2 N–H and O–H groups in total. The second-order valence-corrected chi connectivity index (χ2v) is 4.91. The Hall–Kier alpha value is -0.290. The summed E-state index contributed by atoms with van der Waals surface area (Å²) < 4.78 is 35.7. The van der Waals surface area contributed by atoms with Crippen LogP contribution in [0, 0.1) is 11.8 Å². The van der Waals surface area contributed by atoms with Crippen molar-refractivity contribution in [3.63, 3.8) is 0 Å². The smallest absolute Gasteiger partial charge is 0.389 e. The van der Waals surface area contributed by atoms with Gasteiger partial charge >= 0.3 is 6.18 Å². The van der Waals surface area contributed by atoms with Crippen LogP contribution < -0.4 is 5.32 Å². The lowest BCUT2D eigenvalue weighted by molar-refractivity contribution is -0.135. The summed E-state index contributed by atoms with van der Waals surface area (Å²) in [6.07, 6.45) is -0.154. The van der Waals surface area contributed by atoms with E-state index in [0.717, 1.165) is 25.8 Å². The normalized spacial score (nSPS) is 26.1. The van der Waals surface area contributed by atoms with Crippen LogP contribution in [0.1, 0.15) is 38.5 Å². The van der Waals surface area contributed by atoms with Crippen LogP contribution in [0.4, 0.5) is 13.2 Å². The summed E-state index contributed by atoms with van der Waals surface area (Å²) in [7, 11) is 0. The van der Waals surface area contributed by atoms with Crippen LogP contribution in [0.5, 0.6) is 0 Å². The van der Waals surface area contributed by atoms with Crippen molar-refractivity contribution in [3.05, 3.63) is 0 Å². The van der Waals surface area contributed by atoms with Crippen molar-refractivity contribution in [3.8, 4) is 0 Å². The van der Waals surface area contributed by atoms with Crippen molar-refractivity contribution in [1.82, 2.24) is 5.32 Å². The molecule has 17 heavy (non-hydrogen) atoms. The Labute approximate surface area is 101 Å². The molecule has 0 aromatic rings. The summed E-state index contributed by atoms with van der Waals surface area (Å²) in [5.74, 6) is 0.763. The molecule has 0 bridgehead atoms. The molecule has 0 heterocycles. The fraction of sp³-hybridized carbons (Fsp3) is 1.00. The predicted molar refractivity (Wildman–Crippen MR) is 60.7 cm³/mol. The minimum Gasteiger partial charge on any atom is -0.396 e. The highest BCUT2D eigenvalue weighted by atomic mass is 19.4. The highest BCUT2D eigenvalue weighted by Gasteiger charge is 2.26. The van der Waals surface area contributed by atoms with E-state index in [1.807, 2.05) is 0 Å². The summed E-state index contributed by atoms with van der Waals surface area (Å²) in [5, 5.41) is 12.3. The van der Waals surface area contributed by atoms with Crippen molar-refractivity contribution >= 4 is 0 Å². The molecule has 0 aliphatic heterocycles. The molecule has 0 radical (unpaired) electrons. The number of rotatable bonds is 6. The number of hydrogen-bond donors (Lipinski definition) is 2. The van der Waals surface area contributed by atoms with Crippen LogP contribution in [-0.2, 0) is 0 Å². The highest BCUT2D eigenvalue weighted by Crippen LogP contribution is 2.29. The molecule has 1 aliphatic carbocycles. The first-order valence-corrected chi connectivity index (χ1v) is 6.41. The lowest BCUT2D eigenvalue weighted by Crippen LogP contribution is -2.33. The fourth-order valence-corrected chi connectivity index (χ4v) is 2.49. The summed E-state index contributed by atoms with van der Waals surface area (Å²) in [4.78, 5) is 0. The third-order valence-electron chi connectivity index (χ3n) is 3.52. The van der Waals surface area contributed by atoms with E-state index >= 15 is 0 Å². The van der Waals surface area contributed by atoms with E-state index in [4.69, 9.17) is 0 Å². The molecule has 5 heteroatoms. The Kier molecular flexibility index (Phi) is 6.27. The molecule has 2 atom stereocenters. The minimum atomic E-state index is -4.04. The van der Waals surface area contributed by atoms with Crippen molar-refractivity contribution in [2.75, 3.05) is 19.7 Å². The van der Waals surface area contributed by atoms with Gasteiger partial charge < -0.3 is 10.4 Å². The average Bonchev–Trinajstić information content (AvgIpc) is 2.27. The number of hydrogen-bond acceptors (Lipinski definition) is 2. The monoisotopic (exact) mass is 253 g/mol. The zero-order chi connectivity index (χ0) is 12.7. The fourth-order valence-electron chi connectivity index (χ4n) is 2.49. The molecule has 2 unspecified atom stereocenters. The van der Waals surface area contributed by atoms with Crippen LogP contribution in [0.15, 0.2) is 0 Å². The van der Waals surface area contributed by atoms with Gasteiger partial charge in [-0.05, 0) is 44.2 Å². The van der Waals surface area contributed by atoms with Gasteiger partial charge in [0, 0.05) is 13.0 Å². The van der Waals surface area contributed by atoms with Crippen molar-refractivity contribution in [2.24, 2.45) is 11.8 Å². The zero-order valence-electron chi connectivity index (χ0n) is 10.1. The lowest BCUT2D eigenvalue weighted by atomic mass is 9.79. The number of nitrogens with one attached hydrogen (secondary N) is 1. The Bertz CT molecular complexity index is 208. The number of halogens is 3. The van der Waals surface area contributed by atoms with Gasteiger partial charge in [0.05, 0.1) is 0 Å². The van der Waals surface area contributed by atoms with Crippen LogP contribution in [0.2, 0.25) is 0 Å². The molecule has 102 valence electrons. The van der Waals surface area contributed by atoms with E-state index in [-0.39, 0.29) is 13.0 Å². The van der Waals surface area contributed by atoms with E-state index in [1.54, 1.807) is 0 Å². The van der Waals surface area contributed by atoms with Crippen molar-refractivity contribution in [2.45, 2.75) is 44.7 Å². The Morgan fingerprint density at radius 3 is 2.35 bits per heavy atom. The van der Waals surface area contributed by atoms with E-state index in [0.29, 0.717) is 18.4 Å². The van der Waals surface area contributed by atoms with Crippen LogP contribution in [0.3, 0.4) is 0 Å². The van der Waals surface area contributed by atoms with E-state index in [9.17, 15) is 18.3 Å². The van der Waals surface area contributed by atoms with Crippen molar-refractivity contribution < 1.29 is 18.3 Å². The van der Waals surface area contributed by atoms with Gasteiger partial charge in [-0.25, -0.2) is 0 Å². The molecular formula is C12H22F3NO.